The Morgan fingerprint density at radius 3 is 2.19 bits per heavy atom. The van der Waals surface area contributed by atoms with Crippen LogP contribution in [0.1, 0.15) is 15.2 Å². The van der Waals surface area contributed by atoms with E-state index in [0.717, 1.165) is 11.1 Å². The molecule has 3 aromatic rings. The summed E-state index contributed by atoms with van der Waals surface area (Å²) in [6, 6.07) is 12.7. The molecule has 0 spiro atoms. The van der Waals surface area contributed by atoms with Crippen LogP contribution in [0.2, 0.25) is 5.02 Å². The molecule has 0 fully saturated rings. The van der Waals surface area contributed by atoms with Gasteiger partial charge in [0, 0.05) is 10.6 Å². The van der Waals surface area contributed by atoms with E-state index in [9.17, 15) is 4.79 Å². The van der Waals surface area contributed by atoms with E-state index in [1.807, 2.05) is 35.7 Å². The number of rotatable bonds is 6. The van der Waals surface area contributed by atoms with Crippen molar-refractivity contribution in [3.63, 3.8) is 0 Å². The maximum absolute atomic E-state index is 12.9. The van der Waals surface area contributed by atoms with E-state index < -0.39 is 0 Å². The quantitative estimate of drug-likeness (QED) is 0.536. The molecule has 0 aliphatic carbocycles. The van der Waals surface area contributed by atoms with Crippen LogP contribution in [0.4, 0.5) is 0 Å². The van der Waals surface area contributed by atoms with Gasteiger partial charge in [0.1, 0.15) is 0 Å². The monoisotopic (exact) mass is 388 g/mol. The second kappa shape index (κ2) is 7.81. The minimum atomic E-state index is -0.109. The van der Waals surface area contributed by atoms with Crippen LogP contribution in [0.5, 0.6) is 17.2 Å². The first-order chi connectivity index (χ1) is 12.6. The topological polar surface area (TPSA) is 44.8 Å². The van der Waals surface area contributed by atoms with Crippen LogP contribution in [0, 0.1) is 0 Å². The number of ether oxygens (including phenoxy) is 3. The van der Waals surface area contributed by atoms with Gasteiger partial charge >= 0.3 is 0 Å². The maximum Gasteiger partial charge on any atom is 0.203 e. The molecule has 2 aromatic carbocycles. The van der Waals surface area contributed by atoms with E-state index in [1.165, 1.54) is 32.7 Å². The lowest BCUT2D eigenvalue weighted by molar-refractivity contribution is 0.104. The molecule has 0 unspecified atom stereocenters. The number of thiophene rings is 1. The largest absolute Gasteiger partial charge is 0.493 e. The molecular weight excluding hydrogens is 372 g/mol. The second-order valence-electron chi connectivity index (χ2n) is 5.45. The van der Waals surface area contributed by atoms with Crippen molar-refractivity contribution >= 4 is 28.7 Å². The summed E-state index contributed by atoms with van der Waals surface area (Å²) in [6.07, 6.45) is 0. The Morgan fingerprint density at radius 1 is 0.923 bits per heavy atom. The summed E-state index contributed by atoms with van der Waals surface area (Å²) in [5.74, 6) is 1.24. The van der Waals surface area contributed by atoms with Gasteiger partial charge in [-0.05, 0) is 46.8 Å². The lowest BCUT2D eigenvalue weighted by Gasteiger charge is -2.13. The van der Waals surface area contributed by atoms with Crippen molar-refractivity contribution in [1.29, 1.82) is 0 Å². The van der Waals surface area contributed by atoms with Crippen molar-refractivity contribution in [3.05, 3.63) is 63.3 Å². The lowest BCUT2D eigenvalue weighted by atomic mass is 10.1. The SMILES string of the molecule is COc1cc(C(=O)c2cc(-c3cccc(Cl)c3)cs2)cc(OC)c1OC. The molecule has 0 bridgehead atoms. The van der Waals surface area contributed by atoms with Crippen molar-refractivity contribution in [1.82, 2.24) is 0 Å². The normalized spacial score (nSPS) is 10.5. The number of carbonyl (C=O) groups is 1. The Morgan fingerprint density at radius 2 is 1.62 bits per heavy atom. The standard InChI is InChI=1S/C20H17ClO4S/c1-23-16-8-13(9-17(24-2)20(16)25-3)19(22)18-10-14(11-26-18)12-5-4-6-15(21)7-12/h4-11H,1-3H3. The lowest BCUT2D eigenvalue weighted by Crippen LogP contribution is -2.02. The number of benzene rings is 2. The highest BCUT2D eigenvalue weighted by molar-refractivity contribution is 7.12. The van der Waals surface area contributed by atoms with E-state index in [1.54, 1.807) is 12.1 Å². The van der Waals surface area contributed by atoms with Crippen LogP contribution >= 0.6 is 22.9 Å². The molecule has 26 heavy (non-hydrogen) atoms. The third-order valence-electron chi connectivity index (χ3n) is 3.91. The van der Waals surface area contributed by atoms with Gasteiger partial charge in [-0.2, -0.15) is 0 Å². The van der Waals surface area contributed by atoms with Crippen molar-refractivity contribution in [2.24, 2.45) is 0 Å². The summed E-state index contributed by atoms with van der Waals surface area (Å²) in [7, 11) is 4.57. The van der Waals surface area contributed by atoms with Crippen molar-refractivity contribution in [3.8, 4) is 28.4 Å². The summed E-state index contributed by atoms with van der Waals surface area (Å²) in [5.41, 5.74) is 2.39. The fraction of sp³-hybridized carbons (Fsp3) is 0.150. The van der Waals surface area contributed by atoms with Gasteiger partial charge in [0.2, 0.25) is 11.5 Å². The first-order valence-corrected chi connectivity index (χ1v) is 9.02. The van der Waals surface area contributed by atoms with Gasteiger partial charge in [0.05, 0.1) is 26.2 Å². The minimum absolute atomic E-state index is 0.109. The zero-order valence-corrected chi connectivity index (χ0v) is 16.1. The molecule has 0 radical (unpaired) electrons. The molecule has 0 saturated heterocycles. The third kappa shape index (κ3) is 3.54. The average Bonchev–Trinajstić information content (AvgIpc) is 3.16. The predicted molar refractivity (Wildman–Crippen MR) is 104 cm³/mol. The summed E-state index contributed by atoms with van der Waals surface area (Å²) in [6.45, 7) is 0. The molecule has 0 N–H and O–H groups in total. The molecule has 0 amide bonds. The van der Waals surface area contributed by atoms with E-state index >= 15 is 0 Å². The zero-order valence-electron chi connectivity index (χ0n) is 14.5. The van der Waals surface area contributed by atoms with Gasteiger partial charge in [-0.25, -0.2) is 0 Å². The highest BCUT2D eigenvalue weighted by Gasteiger charge is 2.19. The van der Waals surface area contributed by atoms with E-state index in [-0.39, 0.29) is 5.78 Å². The first kappa shape index (κ1) is 18.3. The second-order valence-corrected chi connectivity index (χ2v) is 6.80. The number of ketones is 1. The van der Waals surface area contributed by atoms with Gasteiger partial charge in [0.15, 0.2) is 11.5 Å². The van der Waals surface area contributed by atoms with E-state index in [2.05, 4.69) is 0 Å². The first-order valence-electron chi connectivity index (χ1n) is 7.76. The molecule has 1 heterocycles. The molecule has 0 aliphatic heterocycles. The predicted octanol–water partition coefficient (Wildman–Crippen LogP) is 5.33. The fourth-order valence-corrected chi connectivity index (χ4v) is 3.70. The van der Waals surface area contributed by atoms with Gasteiger partial charge in [0.25, 0.3) is 0 Å². The Balaban J connectivity index is 1.98. The molecule has 134 valence electrons. The number of hydrogen-bond acceptors (Lipinski definition) is 5. The third-order valence-corrected chi connectivity index (χ3v) is 5.07. The Kier molecular flexibility index (Phi) is 5.49. The average molecular weight is 389 g/mol. The fourth-order valence-electron chi connectivity index (χ4n) is 2.63. The molecule has 1 aromatic heterocycles. The van der Waals surface area contributed by atoms with Crippen molar-refractivity contribution < 1.29 is 19.0 Å². The number of halogens is 1. The van der Waals surface area contributed by atoms with Gasteiger partial charge in [-0.15, -0.1) is 11.3 Å². The van der Waals surface area contributed by atoms with Crippen LogP contribution in [-0.4, -0.2) is 27.1 Å². The maximum atomic E-state index is 12.9. The smallest absolute Gasteiger partial charge is 0.203 e. The van der Waals surface area contributed by atoms with Crippen LogP contribution < -0.4 is 14.2 Å². The van der Waals surface area contributed by atoms with Crippen LogP contribution in [-0.2, 0) is 0 Å². The van der Waals surface area contributed by atoms with Crippen LogP contribution in [0.15, 0.2) is 47.8 Å². The molecule has 4 nitrogen and oxygen atoms in total. The molecule has 0 aliphatic rings. The van der Waals surface area contributed by atoms with Gasteiger partial charge in [-0.3, -0.25) is 4.79 Å². The molecule has 0 atom stereocenters. The summed E-state index contributed by atoms with van der Waals surface area (Å²) < 4.78 is 15.9. The van der Waals surface area contributed by atoms with Crippen LogP contribution in [0.3, 0.4) is 0 Å². The number of methoxy groups -OCH3 is 3. The highest BCUT2D eigenvalue weighted by atomic mass is 35.5. The Hall–Kier alpha value is -2.50. The van der Waals surface area contributed by atoms with Crippen molar-refractivity contribution in [2.75, 3.05) is 21.3 Å². The highest BCUT2D eigenvalue weighted by Crippen LogP contribution is 2.39. The molecule has 0 saturated carbocycles. The van der Waals surface area contributed by atoms with Crippen molar-refractivity contribution in [2.45, 2.75) is 0 Å². The Labute approximate surface area is 160 Å². The number of hydrogen-bond donors (Lipinski definition) is 0. The molecule has 3 rings (SSSR count). The summed E-state index contributed by atoms with van der Waals surface area (Å²) >= 11 is 7.44. The molecule has 6 heteroatoms. The summed E-state index contributed by atoms with van der Waals surface area (Å²) in [4.78, 5) is 13.5. The van der Waals surface area contributed by atoms with Gasteiger partial charge in [-0.1, -0.05) is 23.7 Å². The summed E-state index contributed by atoms with van der Waals surface area (Å²) in [5, 5.41) is 2.60. The zero-order chi connectivity index (χ0) is 18.7. The number of carbonyl (C=O) groups excluding carboxylic acids is 1. The Bertz CT molecular complexity index is 923. The van der Waals surface area contributed by atoms with E-state index in [0.29, 0.717) is 32.7 Å². The molecular formula is C20H17ClO4S. The van der Waals surface area contributed by atoms with Gasteiger partial charge < -0.3 is 14.2 Å². The van der Waals surface area contributed by atoms with Crippen LogP contribution in [0.25, 0.3) is 11.1 Å². The van der Waals surface area contributed by atoms with E-state index in [4.69, 9.17) is 25.8 Å². The minimum Gasteiger partial charge on any atom is -0.493 e.